The lowest BCUT2D eigenvalue weighted by atomic mass is 10.1. The first-order valence-electron chi connectivity index (χ1n) is 4.22. The molecular weight excluding hydrogens is 198 g/mol. The number of furan rings is 1. The first-order valence-corrected chi connectivity index (χ1v) is 4.22. The molecule has 5 nitrogen and oxygen atoms in total. The van der Waals surface area contributed by atoms with Gasteiger partial charge < -0.3 is 20.0 Å². The van der Waals surface area contributed by atoms with Crippen molar-refractivity contribution in [3.8, 4) is 11.7 Å². The number of fused-ring (bicyclic) bond motifs is 1. The van der Waals surface area contributed by atoms with Gasteiger partial charge in [0.2, 0.25) is 5.91 Å². The van der Waals surface area contributed by atoms with Crippen LogP contribution in [0.5, 0.6) is 11.7 Å². The molecule has 0 saturated carbocycles. The molecule has 78 valence electrons. The predicted molar refractivity (Wildman–Crippen MR) is 52.9 cm³/mol. The van der Waals surface area contributed by atoms with E-state index in [0.29, 0.717) is 22.3 Å². The summed E-state index contributed by atoms with van der Waals surface area (Å²) < 4.78 is 10.0. The molecule has 0 aliphatic heterocycles. The summed E-state index contributed by atoms with van der Waals surface area (Å²) in [7, 11) is 1.44. The van der Waals surface area contributed by atoms with E-state index in [1.807, 2.05) is 0 Å². The topological polar surface area (TPSA) is 85.7 Å². The first kappa shape index (κ1) is 9.39. The molecule has 0 bridgehead atoms. The second kappa shape index (κ2) is 3.20. The van der Waals surface area contributed by atoms with Crippen molar-refractivity contribution >= 4 is 16.9 Å². The molecule has 0 atom stereocenters. The summed E-state index contributed by atoms with van der Waals surface area (Å²) in [5.74, 6) is -0.428. The van der Waals surface area contributed by atoms with E-state index in [1.165, 1.54) is 25.3 Å². The largest absolute Gasteiger partial charge is 0.493 e. The molecule has 0 radical (unpaired) electrons. The van der Waals surface area contributed by atoms with Gasteiger partial charge in [-0.3, -0.25) is 4.79 Å². The minimum absolute atomic E-state index is 0.232. The van der Waals surface area contributed by atoms with E-state index >= 15 is 0 Å². The number of ether oxygens (including phenoxy) is 1. The zero-order valence-electron chi connectivity index (χ0n) is 7.98. The number of hydrogen-bond donors (Lipinski definition) is 2. The number of aromatic hydroxyl groups is 1. The Labute approximate surface area is 85.0 Å². The van der Waals surface area contributed by atoms with Crippen molar-refractivity contribution in [1.29, 1.82) is 0 Å². The van der Waals surface area contributed by atoms with E-state index in [-0.39, 0.29) is 5.95 Å². The van der Waals surface area contributed by atoms with E-state index in [9.17, 15) is 4.79 Å². The number of hydrogen-bond acceptors (Lipinski definition) is 4. The normalized spacial score (nSPS) is 10.5. The summed E-state index contributed by atoms with van der Waals surface area (Å²) in [5, 5.41) is 9.74. The smallest absolute Gasteiger partial charge is 0.283 e. The van der Waals surface area contributed by atoms with E-state index in [2.05, 4.69) is 0 Å². The van der Waals surface area contributed by atoms with Crippen molar-refractivity contribution in [3.05, 3.63) is 23.8 Å². The number of nitrogens with two attached hydrogens (primary N) is 1. The molecule has 1 amide bonds. The van der Waals surface area contributed by atoms with Crippen molar-refractivity contribution in [2.24, 2.45) is 5.73 Å². The highest BCUT2D eigenvalue weighted by atomic mass is 16.5. The second-order valence-corrected chi connectivity index (χ2v) is 3.05. The van der Waals surface area contributed by atoms with Crippen molar-refractivity contribution in [2.45, 2.75) is 0 Å². The summed E-state index contributed by atoms with van der Waals surface area (Å²) in [6.45, 7) is 0. The fourth-order valence-electron chi connectivity index (χ4n) is 1.40. The summed E-state index contributed by atoms with van der Waals surface area (Å²) in [5.41, 5.74) is 5.84. The maximum atomic E-state index is 11.0. The van der Waals surface area contributed by atoms with Gasteiger partial charge in [-0.25, -0.2) is 0 Å². The Balaban J connectivity index is 2.76. The van der Waals surface area contributed by atoms with E-state index in [1.54, 1.807) is 0 Å². The molecule has 2 rings (SSSR count). The van der Waals surface area contributed by atoms with Crippen LogP contribution in [0.4, 0.5) is 0 Å². The predicted octanol–water partition coefficient (Wildman–Crippen LogP) is 1.25. The van der Waals surface area contributed by atoms with E-state index in [0.717, 1.165) is 0 Å². The minimum atomic E-state index is -0.559. The highest BCUT2D eigenvalue weighted by molar-refractivity contribution is 5.98. The quantitative estimate of drug-likeness (QED) is 0.775. The Morgan fingerprint density at radius 2 is 2.20 bits per heavy atom. The number of methoxy groups -OCH3 is 1. The molecule has 1 aromatic carbocycles. The van der Waals surface area contributed by atoms with Crippen molar-refractivity contribution in [2.75, 3.05) is 7.11 Å². The van der Waals surface area contributed by atoms with Gasteiger partial charge >= 0.3 is 0 Å². The third-order valence-electron chi connectivity index (χ3n) is 2.07. The lowest BCUT2D eigenvalue weighted by Gasteiger charge is -2.02. The van der Waals surface area contributed by atoms with Gasteiger partial charge in [0.1, 0.15) is 0 Å². The zero-order valence-corrected chi connectivity index (χ0v) is 7.98. The Hall–Kier alpha value is -2.17. The third kappa shape index (κ3) is 1.48. The lowest BCUT2D eigenvalue weighted by molar-refractivity contribution is 0.1000. The lowest BCUT2D eigenvalue weighted by Crippen LogP contribution is -2.10. The Morgan fingerprint density at radius 1 is 1.47 bits per heavy atom. The summed E-state index contributed by atoms with van der Waals surface area (Å²) >= 11 is 0. The third-order valence-corrected chi connectivity index (χ3v) is 2.07. The fourth-order valence-corrected chi connectivity index (χ4v) is 1.40. The number of rotatable bonds is 2. The van der Waals surface area contributed by atoms with Gasteiger partial charge in [-0.15, -0.1) is 0 Å². The Bertz CT molecular complexity index is 529. The monoisotopic (exact) mass is 207 g/mol. The fraction of sp³-hybridized carbons (Fsp3) is 0.100. The van der Waals surface area contributed by atoms with Crippen LogP contribution in [-0.2, 0) is 0 Å². The number of benzene rings is 1. The Kier molecular flexibility index (Phi) is 2.00. The van der Waals surface area contributed by atoms with Crippen LogP contribution in [0.3, 0.4) is 0 Å². The van der Waals surface area contributed by atoms with Crippen molar-refractivity contribution in [1.82, 2.24) is 0 Å². The summed E-state index contributed by atoms with van der Waals surface area (Å²) in [6.07, 6.45) is 0. The molecule has 0 saturated heterocycles. The molecule has 1 aromatic heterocycles. The van der Waals surface area contributed by atoms with Crippen LogP contribution >= 0.6 is 0 Å². The van der Waals surface area contributed by atoms with Gasteiger partial charge in [0.25, 0.3) is 5.95 Å². The van der Waals surface area contributed by atoms with Crippen LogP contribution in [0.2, 0.25) is 0 Å². The van der Waals surface area contributed by atoms with Crippen LogP contribution < -0.4 is 10.5 Å². The molecule has 0 aliphatic rings. The summed E-state index contributed by atoms with van der Waals surface area (Å²) in [4.78, 5) is 11.0. The maximum absolute atomic E-state index is 11.0. The SMILES string of the molecule is COc1cc(C(N)=O)cc2cc(O)oc12. The first-order chi connectivity index (χ1) is 7.11. The van der Waals surface area contributed by atoms with Gasteiger partial charge in [0.05, 0.1) is 7.11 Å². The maximum Gasteiger partial charge on any atom is 0.283 e. The average Bonchev–Trinajstić information content (AvgIpc) is 2.56. The molecule has 2 aromatic rings. The molecule has 0 fully saturated rings. The van der Waals surface area contributed by atoms with Gasteiger partial charge in [-0.2, -0.15) is 0 Å². The minimum Gasteiger partial charge on any atom is -0.493 e. The van der Waals surface area contributed by atoms with Crippen LogP contribution in [0, 0.1) is 0 Å². The van der Waals surface area contributed by atoms with Crippen LogP contribution in [0.1, 0.15) is 10.4 Å². The molecule has 3 N–H and O–H groups in total. The average molecular weight is 207 g/mol. The highest BCUT2D eigenvalue weighted by Crippen LogP contribution is 2.32. The van der Waals surface area contributed by atoms with Crippen LogP contribution in [0.15, 0.2) is 22.6 Å². The zero-order chi connectivity index (χ0) is 11.0. The standard InChI is InChI=1S/C10H9NO4/c1-14-7-3-6(10(11)13)2-5-4-8(12)15-9(5)7/h2-4,12H,1H3,(H2,11,13). The molecular formula is C10H9NO4. The number of primary amides is 1. The van der Waals surface area contributed by atoms with Gasteiger partial charge in [-0.1, -0.05) is 0 Å². The highest BCUT2D eigenvalue weighted by Gasteiger charge is 2.12. The van der Waals surface area contributed by atoms with E-state index in [4.69, 9.17) is 20.0 Å². The second-order valence-electron chi connectivity index (χ2n) is 3.05. The van der Waals surface area contributed by atoms with Crippen molar-refractivity contribution < 1.29 is 19.1 Å². The molecule has 1 heterocycles. The van der Waals surface area contributed by atoms with Crippen LogP contribution in [0.25, 0.3) is 11.0 Å². The van der Waals surface area contributed by atoms with E-state index < -0.39 is 5.91 Å². The van der Waals surface area contributed by atoms with Gasteiger partial charge in [-0.05, 0) is 12.1 Å². The summed E-state index contributed by atoms with van der Waals surface area (Å²) in [6, 6.07) is 4.39. The van der Waals surface area contributed by atoms with Gasteiger partial charge in [0.15, 0.2) is 11.3 Å². The molecule has 0 unspecified atom stereocenters. The molecule has 15 heavy (non-hydrogen) atoms. The van der Waals surface area contributed by atoms with Crippen LogP contribution in [-0.4, -0.2) is 18.1 Å². The van der Waals surface area contributed by atoms with Gasteiger partial charge in [0, 0.05) is 17.0 Å². The number of carbonyl (C=O) groups excluding carboxylic acids is 1. The van der Waals surface area contributed by atoms with Crippen molar-refractivity contribution in [3.63, 3.8) is 0 Å². The number of amides is 1. The molecule has 0 spiro atoms. The molecule has 5 heteroatoms. The number of carbonyl (C=O) groups is 1. The Morgan fingerprint density at radius 3 is 2.80 bits per heavy atom. The molecule has 0 aliphatic carbocycles.